The van der Waals surface area contributed by atoms with E-state index < -0.39 is 0 Å². The van der Waals surface area contributed by atoms with Crippen molar-refractivity contribution in [1.29, 1.82) is 0 Å². The molecule has 1 aromatic rings. The maximum Gasteiger partial charge on any atom is 0.127 e. The quantitative estimate of drug-likeness (QED) is 0.843. The molecule has 0 spiro atoms. The average Bonchev–Trinajstić information content (AvgIpc) is 2.72. The monoisotopic (exact) mass is 237 g/mol. The lowest BCUT2D eigenvalue weighted by Gasteiger charge is -2.20. The molecule has 1 fully saturated rings. The largest absolute Gasteiger partial charge is 0.393 e. The number of rotatable bonds is 4. The molecule has 3 unspecified atom stereocenters. The highest BCUT2D eigenvalue weighted by molar-refractivity contribution is 5.20. The van der Waals surface area contributed by atoms with Crippen LogP contribution >= 0.6 is 0 Å². The Morgan fingerprint density at radius 3 is 2.82 bits per heavy atom. The Hall–Kier alpha value is -0.930. The zero-order valence-electron chi connectivity index (χ0n) is 10.2. The SMILES string of the molecule is CC(NCC1CCCC1O)c1ccccc1F. The Morgan fingerprint density at radius 1 is 1.41 bits per heavy atom. The summed E-state index contributed by atoms with van der Waals surface area (Å²) in [5, 5.41) is 13.0. The van der Waals surface area contributed by atoms with Crippen LogP contribution in [0.4, 0.5) is 4.39 Å². The van der Waals surface area contributed by atoms with E-state index in [4.69, 9.17) is 0 Å². The minimum Gasteiger partial charge on any atom is -0.393 e. The van der Waals surface area contributed by atoms with Crippen LogP contribution in [-0.4, -0.2) is 17.8 Å². The third-order valence-corrected chi connectivity index (χ3v) is 3.68. The smallest absolute Gasteiger partial charge is 0.127 e. The van der Waals surface area contributed by atoms with Gasteiger partial charge in [0, 0.05) is 18.2 Å². The maximum atomic E-state index is 13.5. The fourth-order valence-corrected chi connectivity index (χ4v) is 2.52. The summed E-state index contributed by atoms with van der Waals surface area (Å²) in [5.41, 5.74) is 0.694. The zero-order chi connectivity index (χ0) is 12.3. The summed E-state index contributed by atoms with van der Waals surface area (Å²) >= 11 is 0. The average molecular weight is 237 g/mol. The molecule has 0 saturated heterocycles. The van der Waals surface area contributed by atoms with Crippen LogP contribution in [0.3, 0.4) is 0 Å². The third kappa shape index (κ3) is 3.05. The number of nitrogens with one attached hydrogen (secondary N) is 1. The Kier molecular flexibility index (Phi) is 4.13. The van der Waals surface area contributed by atoms with Gasteiger partial charge in [0.15, 0.2) is 0 Å². The van der Waals surface area contributed by atoms with E-state index in [1.54, 1.807) is 12.1 Å². The predicted molar refractivity (Wildman–Crippen MR) is 66.2 cm³/mol. The van der Waals surface area contributed by atoms with Crippen molar-refractivity contribution in [2.75, 3.05) is 6.54 Å². The molecule has 1 aliphatic rings. The third-order valence-electron chi connectivity index (χ3n) is 3.68. The predicted octanol–water partition coefficient (Wildman–Crippen LogP) is 2.64. The van der Waals surface area contributed by atoms with E-state index in [-0.39, 0.29) is 18.0 Å². The van der Waals surface area contributed by atoms with Gasteiger partial charge in [-0.2, -0.15) is 0 Å². The van der Waals surface area contributed by atoms with Gasteiger partial charge in [-0.05, 0) is 31.7 Å². The lowest BCUT2D eigenvalue weighted by atomic mass is 10.0. The summed E-state index contributed by atoms with van der Waals surface area (Å²) in [5.74, 6) is 0.156. The highest BCUT2D eigenvalue weighted by atomic mass is 19.1. The number of hydrogen-bond donors (Lipinski definition) is 2. The van der Waals surface area contributed by atoms with Gasteiger partial charge in [0.05, 0.1) is 6.10 Å². The van der Waals surface area contributed by atoms with E-state index in [0.717, 1.165) is 25.8 Å². The minimum absolute atomic E-state index is 0.0102. The van der Waals surface area contributed by atoms with Gasteiger partial charge in [0.2, 0.25) is 0 Å². The summed E-state index contributed by atoms with van der Waals surface area (Å²) in [6.45, 7) is 2.72. The molecule has 1 aliphatic carbocycles. The molecule has 0 aliphatic heterocycles. The second-order valence-corrected chi connectivity index (χ2v) is 4.91. The van der Waals surface area contributed by atoms with Crippen LogP contribution in [0.15, 0.2) is 24.3 Å². The van der Waals surface area contributed by atoms with Crippen molar-refractivity contribution < 1.29 is 9.50 Å². The summed E-state index contributed by atoms with van der Waals surface area (Å²) in [7, 11) is 0. The van der Waals surface area contributed by atoms with Crippen molar-refractivity contribution in [2.45, 2.75) is 38.3 Å². The second kappa shape index (κ2) is 5.61. The van der Waals surface area contributed by atoms with Crippen molar-refractivity contribution in [2.24, 2.45) is 5.92 Å². The van der Waals surface area contributed by atoms with E-state index >= 15 is 0 Å². The number of halogens is 1. The fourth-order valence-electron chi connectivity index (χ4n) is 2.52. The molecule has 1 aromatic carbocycles. The Bertz CT molecular complexity index is 369. The second-order valence-electron chi connectivity index (χ2n) is 4.91. The van der Waals surface area contributed by atoms with Gasteiger partial charge in [-0.1, -0.05) is 24.6 Å². The van der Waals surface area contributed by atoms with Crippen molar-refractivity contribution in [3.63, 3.8) is 0 Å². The first-order chi connectivity index (χ1) is 8.18. The first-order valence-electron chi connectivity index (χ1n) is 6.34. The summed E-state index contributed by atoms with van der Waals surface area (Å²) < 4.78 is 13.5. The van der Waals surface area contributed by atoms with Crippen molar-refractivity contribution >= 4 is 0 Å². The molecule has 94 valence electrons. The molecule has 0 heterocycles. The number of benzene rings is 1. The molecule has 3 atom stereocenters. The van der Waals surface area contributed by atoms with Gasteiger partial charge in [0.1, 0.15) is 5.82 Å². The van der Waals surface area contributed by atoms with Gasteiger partial charge in [0.25, 0.3) is 0 Å². The van der Waals surface area contributed by atoms with Crippen molar-refractivity contribution in [1.82, 2.24) is 5.32 Å². The summed E-state index contributed by atoms with van der Waals surface area (Å²) in [6.07, 6.45) is 2.88. The topological polar surface area (TPSA) is 32.3 Å². The molecular formula is C14H20FNO. The maximum absolute atomic E-state index is 13.5. The molecule has 0 amide bonds. The molecule has 17 heavy (non-hydrogen) atoms. The first-order valence-corrected chi connectivity index (χ1v) is 6.34. The molecule has 2 rings (SSSR count). The van der Waals surface area contributed by atoms with Crippen LogP contribution in [0, 0.1) is 11.7 Å². The zero-order valence-corrected chi connectivity index (χ0v) is 10.2. The molecule has 0 radical (unpaired) electrons. The molecular weight excluding hydrogens is 217 g/mol. The lowest BCUT2D eigenvalue weighted by Crippen LogP contribution is -2.30. The van der Waals surface area contributed by atoms with Crippen molar-refractivity contribution in [3.8, 4) is 0 Å². The van der Waals surface area contributed by atoms with Gasteiger partial charge in [-0.15, -0.1) is 0 Å². The highest BCUT2D eigenvalue weighted by Gasteiger charge is 2.25. The van der Waals surface area contributed by atoms with Crippen LogP contribution in [0.25, 0.3) is 0 Å². The van der Waals surface area contributed by atoms with Crippen molar-refractivity contribution in [3.05, 3.63) is 35.6 Å². The van der Waals surface area contributed by atoms with Crippen LogP contribution < -0.4 is 5.32 Å². The normalized spacial score (nSPS) is 26.1. The van der Waals surface area contributed by atoms with Crippen LogP contribution in [0.1, 0.15) is 37.8 Å². The number of aliphatic hydroxyl groups is 1. The van der Waals surface area contributed by atoms with Gasteiger partial charge in [-0.25, -0.2) is 4.39 Å². The van der Waals surface area contributed by atoms with Gasteiger partial charge in [-0.3, -0.25) is 0 Å². The van der Waals surface area contributed by atoms with Crippen LogP contribution in [0.5, 0.6) is 0 Å². The molecule has 0 bridgehead atoms. The van der Waals surface area contributed by atoms with E-state index in [1.165, 1.54) is 6.07 Å². The van der Waals surface area contributed by atoms with Crippen LogP contribution in [-0.2, 0) is 0 Å². The lowest BCUT2D eigenvalue weighted by molar-refractivity contribution is 0.130. The molecule has 1 saturated carbocycles. The highest BCUT2D eigenvalue weighted by Crippen LogP contribution is 2.25. The first kappa shape index (κ1) is 12.5. The van der Waals surface area contributed by atoms with Gasteiger partial charge >= 0.3 is 0 Å². The fraction of sp³-hybridized carbons (Fsp3) is 0.571. The van der Waals surface area contributed by atoms with E-state index in [0.29, 0.717) is 11.5 Å². The molecule has 2 nitrogen and oxygen atoms in total. The molecule has 3 heteroatoms. The van der Waals surface area contributed by atoms with E-state index in [2.05, 4.69) is 5.32 Å². The van der Waals surface area contributed by atoms with E-state index in [1.807, 2.05) is 13.0 Å². The number of aliphatic hydroxyl groups excluding tert-OH is 1. The molecule has 0 aromatic heterocycles. The Labute approximate surface area is 102 Å². The Morgan fingerprint density at radius 2 is 2.18 bits per heavy atom. The van der Waals surface area contributed by atoms with Crippen LogP contribution in [0.2, 0.25) is 0 Å². The summed E-state index contributed by atoms with van der Waals surface area (Å²) in [4.78, 5) is 0. The van der Waals surface area contributed by atoms with Gasteiger partial charge < -0.3 is 10.4 Å². The van der Waals surface area contributed by atoms with E-state index in [9.17, 15) is 9.50 Å². The number of hydrogen-bond acceptors (Lipinski definition) is 2. The summed E-state index contributed by atoms with van der Waals surface area (Å²) in [6, 6.07) is 6.83. The Balaban J connectivity index is 1.89. The minimum atomic E-state index is -0.185. The standard InChI is InChI=1S/C14H20FNO/c1-10(12-6-2-3-7-13(12)15)16-9-11-5-4-8-14(11)17/h2-3,6-7,10-11,14,16-17H,4-5,8-9H2,1H3. The molecule has 2 N–H and O–H groups in total.